The number of benzene rings is 2. The number of esters is 2. The van der Waals surface area contributed by atoms with Crippen LogP contribution in [0.15, 0.2) is 42.5 Å². The number of carbonyl (C=O) groups is 2. The number of fused-ring (bicyclic) bond motifs is 1. The number of halogens is 1. The summed E-state index contributed by atoms with van der Waals surface area (Å²) >= 11 is -0.267. The zero-order valence-electron chi connectivity index (χ0n) is 18.4. The minimum atomic E-state index is -0.680. The van der Waals surface area contributed by atoms with Crippen LogP contribution in [0, 0.1) is 23.2 Å². The van der Waals surface area contributed by atoms with Crippen LogP contribution in [0.4, 0.5) is 0 Å². The fourth-order valence-electron chi connectivity index (χ4n) is 6.49. The van der Waals surface area contributed by atoms with Gasteiger partial charge >= 0.3 is 195 Å². The molecular weight excluding hydrogens is 503 g/mol. The van der Waals surface area contributed by atoms with Gasteiger partial charge in [0.25, 0.3) is 0 Å². The van der Waals surface area contributed by atoms with Gasteiger partial charge < -0.3 is 0 Å². The first-order chi connectivity index (χ1) is 14.9. The van der Waals surface area contributed by atoms with E-state index in [9.17, 15) is 9.59 Å². The summed E-state index contributed by atoms with van der Waals surface area (Å²) < 4.78 is 12.4. The molecule has 4 saturated carbocycles. The zero-order valence-corrected chi connectivity index (χ0v) is 20.6. The van der Waals surface area contributed by atoms with Crippen molar-refractivity contribution >= 4 is 22.7 Å². The Kier molecular flexibility index (Phi) is 5.31. The van der Waals surface area contributed by atoms with Crippen molar-refractivity contribution in [3.63, 3.8) is 0 Å². The predicted molar refractivity (Wildman–Crippen MR) is 115 cm³/mol. The van der Waals surface area contributed by atoms with Crippen LogP contribution in [-0.2, 0) is 14.3 Å². The van der Waals surface area contributed by atoms with E-state index in [0.29, 0.717) is 23.5 Å². The maximum absolute atomic E-state index is 13.7. The Morgan fingerprint density at radius 1 is 1.06 bits per heavy atom. The van der Waals surface area contributed by atoms with Gasteiger partial charge in [-0.05, 0) is 0 Å². The summed E-state index contributed by atoms with van der Waals surface area (Å²) in [5.74, 6) is 1.61. The molecule has 0 heterocycles. The van der Waals surface area contributed by atoms with E-state index >= 15 is 0 Å². The van der Waals surface area contributed by atoms with Gasteiger partial charge in [0, 0.05) is 0 Å². The molecule has 6 rings (SSSR count). The second-order valence-corrected chi connectivity index (χ2v) is 12.3. The molecule has 0 spiro atoms. The van der Waals surface area contributed by atoms with Gasteiger partial charge in [0.05, 0.1) is 0 Å². The molecule has 5 heteroatoms. The number of rotatable bonds is 7. The molecule has 4 atom stereocenters. The molecule has 4 unspecified atom stereocenters. The fraction of sp³-hybridized carbons (Fsp3) is 0.538. The zero-order chi connectivity index (χ0) is 21.8. The average molecular weight is 533 g/mol. The Morgan fingerprint density at radius 3 is 2.42 bits per heavy atom. The SMILES string of the molecule is CCC(C)C([I-]C)C(=O)OC12CC3CC1(C(=O)Oc1cccc4ccccc14)CC3C2. The van der Waals surface area contributed by atoms with Crippen LogP contribution in [0.2, 0.25) is 0 Å². The number of hydrogen-bond donors (Lipinski definition) is 0. The molecule has 2 aromatic rings. The number of alkyl halides is 2. The van der Waals surface area contributed by atoms with Crippen LogP contribution in [0.25, 0.3) is 10.8 Å². The molecular formula is C26H30IO4-. The molecule has 0 amide bonds. The molecule has 4 bridgehead atoms. The van der Waals surface area contributed by atoms with Gasteiger partial charge in [-0.25, -0.2) is 0 Å². The molecule has 0 saturated heterocycles. The first-order valence-corrected chi connectivity index (χ1v) is 14.7. The first kappa shape index (κ1) is 21.2. The van der Waals surface area contributed by atoms with Crippen molar-refractivity contribution < 1.29 is 40.3 Å². The van der Waals surface area contributed by atoms with Gasteiger partial charge in [0.1, 0.15) is 0 Å². The molecule has 2 aromatic carbocycles. The Labute approximate surface area is 194 Å². The number of ether oxygens (including phenoxy) is 2. The summed E-state index contributed by atoms with van der Waals surface area (Å²) in [6, 6.07) is 13.8. The fourth-order valence-corrected chi connectivity index (χ4v) is 8.86. The first-order valence-electron chi connectivity index (χ1n) is 11.3. The second-order valence-electron chi connectivity index (χ2n) is 9.71. The molecule has 0 aliphatic heterocycles. The summed E-state index contributed by atoms with van der Waals surface area (Å²) in [6.45, 7) is 4.27. The number of hydrogen-bond acceptors (Lipinski definition) is 4. The van der Waals surface area contributed by atoms with Gasteiger partial charge in [0.2, 0.25) is 0 Å². The van der Waals surface area contributed by atoms with E-state index in [1.807, 2.05) is 42.5 Å². The van der Waals surface area contributed by atoms with Crippen LogP contribution in [0.3, 0.4) is 0 Å². The third kappa shape index (κ3) is 3.13. The standard InChI is InChI=1S/C26H30IO4/c1-4-16(2)22(27-3)23(28)31-26-14-18-12-25(26,13-19(18)15-26)24(29)30-21-11-7-9-17-8-5-6-10-20(17)21/h5-11,16,18-19,22H,4,12-15H2,1-3H3/q-1. The van der Waals surface area contributed by atoms with E-state index in [1.165, 1.54) is 0 Å². The van der Waals surface area contributed by atoms with E-state index in [0.717, 1.165) is 42.9 Å². The van der Waals surface area contributed by atoms with Gasteiger partial charge in [-0.2, -0.15) is 0 Å². The summed E-state index contributed by atoms with van der Waals surface area (Å²) in [6.07, 6.45) is 4.21. The summed E-state index contributed by atoms with van der Waals surface area (Å²) in [7, 11) is 0. The Bertz CT molecular complexity index is 1010. The normalized spacial score (nSPS) is 32.5. The van der Waals surface area contributed by atoms with Crippen LogP contribution in [-0.4, -0.2) is 26.4 Å². The van der Waals surface area contributed by atoms with Gasteiger partial charge in [-0.1, -0.05) is 0 Å². The van der Waals surface area contributed by atoms with E-state index < -0.39 is 11.0 Å². The molecule has 4 aliphatic rings. The van der Waals surface area contributed by atoms with Crippen molar-refractivity contribution in [3.8, 4) is 5.75 Å². The second kappa shape index (κ2) is 7.75. The van der Waals surface area contributed by atoms with Crippen LogP contribution >= 0.6 is 0 Å². The van der Waals surface area contributed by atoms with Gasteiger partial charge in [-0.3, -0.25) is 0 Å². The molecule has 0 aromatic heterocycles. The minimum absolute atomic E-state index is 0.00108. The molecule has 31 heavy (non-hydrogen) atoms. The van der Waals surface area contributed by atoms with E-state index in [-0.39, 0.29) is 37.1 Å². The predicted octanol–water partition coefficient (Wildman–Crippen LogP) is 1.98. The van der Waals surface area contributed by atoms with Crippen LogP contribution in [0.1, 0.15) is 46.0 Å². The Morgan fingerprint density at radius 2 is 1.74 bits per heavy atom. The summed E-state index contributed by atoms with van der Waals surface area (Å²) in [5, 5.41) is 1.99. The van der Waals surface area contributed by atoms with E-state index in [2.05, 4.69) is 18.8 Å². The van der Waals surface area contributed by atoms with Crippen LogP contribution in [0.5, 0.6) is 5.75 Å². The Balaban J connectivity index is 1.43. The monoisotopic (exact) mass is 533 g/mol. The summed E-state index contributed by atoms with van der Waals surface area (Å²) in [4.78, 5) is 29.1. The number of carbonyl (C=O) groups excluding carboxylic acids is 2. The van der Waals surface area contributed by atoms with Crippen molar-refractivity contribution in [3.05, 3.63) is 42.5 Å². The molecule has 0 N–H and O–H groups in total. The van der Waals surface area contributed by atoms with Crippen molar-refractivity contribution in [2.75, 3.05) is 4.93 Å². The van der Waals surface area contributed by atoms with Crippen molar-refractivity contribution in [2.24, 2.45) is 23.2 Å². The van der Waals surface area contributed by atoms with E-state index in [1.54, 1.807) is 0 Å². The van der Waals surface area contributed by atoms with Crippen molar-refractivity contribution in [1.29, 1.82) is 0 Å². The molecule has 4 aliphatic carbocycles. The maximum atomic E-state index is 13.7. The molecule has 4 fully saturated rings. The molecule has 4 nitrogen and oxygen atoms in total. The molecule has 166 valence electrons. The Hall–Kier alpha value is -1.63. The average Bonchev–Trinajstić information content (AvgIpc) is 3.46. The summed E-state index contributed by atoms with van der Waals surface area (Å²) in [5.41, 5.74) is -1.34. The van der Waals surface area contributed by atoms with Crippen molar-refractivity contribution in [1.82, 2.24) is 0 Å². The van der Waals surface area contributed by atoms with Crippen molar-refractivity contribution in [2.45, 2.75) is 55.5 Å². The van der Waals surface area contributed by atoms with E-state index in [4.69, 9.17) is 9.47 Å². The van der Waals surface area contributed by atoms with Crippen LogP contribution < -0.4 is 25.9 Å². The third-order valence-corrected chi connectivity index (χ3v) is 11.3. The molecule has 0 radical (unpaired) electrons. The topological polar surface area (TPSA) is 52.6 Å². The third-order valence-electron chi connectivity index (χ3n) is 8.19. The van der Waals surface area contributed by atoms with Gasteiger partial charge in [0.15, 0.2) is 0 Å². The quantitative estimate of drug-likeness (QED) is 0.237. The van der Waals surface area contributed by atoms with Gasteiger partial charge in [-0.15, -0.1) is 0 Å².